The summed E-state index contributed by atoms with van der Waals surface area (Å²) in [5.74, 6) is -2.52. The van der Waals surface area contributed by atoms with Crippen molar-refractivity contribution < 1.29 is 8.78 Å². The molecule has 0 aromatic heterocycles. The fourth-order valence-electron chi connectivity index (χ4n) is 2.13. The van der Waals surface area contributed by atoms with Crippen LogP contribution in [-0.4, -0.2) is 13.0 Å². The summed E-state index contributed by atoms with van der Waals surface area (Å²) in [4.78, 5) is 0. The van der Waals surface area contributed by atoms with E-state index in [1.54, 1.807) is 7.05 Å². The summed E-state index contributed by atoms with van der Waals surface area (Å²) in [6.07, 6.45) is -0.226. The van der Waals surface area contributed by atoms with Crippen LogP contribution in [0.1, 0.15) is 18.4 Å². The monoisotopic (exact) mass is 275 g/mol. The third-order valence-electron chi connectivity index (χ3n) is 3.00. The van der Waals surface area contributed by atoms with Crippen LogP contribution >= 0.6 is 15.9 Å². The van der Waals surface area contributed by atoms with Crippen LogP contribution < -0.4 is 5.32 Å². The Morgan fingerprint density at radius 2 is 1.73 bits per heavy atom. The molecular weight excluding hydrogens is 264 g/mol. The topological polar surface area (TPSA) is 12.0 Å². The number of hydrogen-bond acceptors (Lipinski definition) is 1. The summed E-state index contributed by atoms with van der Waals surface area (Å²) >= 11 is 3.33. The second-order valence-corrected chi connectivity index (χ2v) is 4.96. The van der Waals surface area contributed by atoms with Crippen molar-refractivity contribution in [3.8, 4) is 0 Å². The number of nitrogens with one attached hydrogen (secondary N) is 1. The predicted octanol–water partition coefficient (Wildman–Crippen LogP) is 3.29. The van der Waals surface area contributed by atoms with Gasteiger partial charge in [-0.25, -0.2) is 8.78 Å². The fourth-order valence-corrected chi connectivity index (χ4v) is 2.39. The smallest absolute Gasteiger partial charge is 0.252 e. The van der Waals surface area contributed by atoms with E-state index in [2.05, 4.69) is 21.2 Å². The van der Waals surface area contributed by atoms with E-state index in [0.29, 0.717) is 0 Å². The van der Waals surface area contributed by atoms with E-state index in [9.17, 15) is 8.78 Å². The van der Waals surface area contributed by atoms with Crippen LogP contribution in [0.3, 0.4) is 0 Å². The van der Waals surface area contributed by atoms with Gasteiger partial charge >= 0.3 is 0 Å². The first-order chi connectivity index (χ1) is 6.97. The maximum atomic E-state index is 12.9. The molecule has 1 saturated carbocycles. The first-order valence-corrected chi connectivity index (χ1v) is 5.60. The van der Waals surface area contributed by atoms with Crippen LogP contribution in [0.25, 0.3) is 0 Å². The number of hydrogen-bond donors (Lipinski definition) is 1. The molecular formula is C11H12BrF2N. The summed E-state index contributed by atoms with van der Waals surface area (Å²) in [7, 11) is 1.73. The number of alkyl halides is 2. The molecule has 0 radical (unpaired) electrons. The molecule has 1 aliphatic carbocycles. The number of rotatable bonds is 2. The zero-order chi connectivity index (χ0) is 11.1. The van der Waals surface area contributed by atoms with Crippen LogP contribution in [0.5, 0.6) is 0 Å². The Hall–Kier alpha value is -0.480. The van der Waals surface area contributed by atoms with Gasteiger partial charge in [-0.2, -0.15) is 0 Å². The zero-order valence-corrected chi connectivity index (χ0v) is 9.94. The molecule has 0 unspecified atom stereocenters. The average Bonchev–Trinajstić information content (AvgIpc) is 2.14. The molecule has 1 aliphatic rings. The summed E-state index contributed by atoms with van der Waals surface area (Å²) in [5, 5.41) is 3.01. The Labute approximate surface area is 96.0 Å². The second-order valence-electron chi connectivity index (χ2n) is 4.05. The molecule has 0 aliphatic heterocycles. The highest BCUT2D eigenvalue weighted by molar-refractivity contribution is 9.10. The van der Waals surface area contributed by atoms with Gasteiger partial charge in [-0.1, -0.05) is 28.1 Å². The lowest BCUT2D eigenvalue weighted by Crippen LogP contribution is -2.57. The molecule has 1 aromatic rings. The van der Waals surface area contributed by atoms with Gasteiger partial charge in [-0.15, -0.1) is 0 Å². The van der Waals surface area contributed by atoms with Crippen LogP contribution in [-0.2, 0) is 5.54 Å². The Morgan fingerprint density at radius 1 is 1.20 bits per heavy atom. The van der Waals surface area contributed by atoms with Gasteiger partial charge < -0.3 is 5.32 Å². The predicted molar refractivity (Wildman–Crippen MR) is 59.1 cm³/mol. The molecule has 1 fully saturated rings. The Bertz CT molecular complexity index is 353. The minimum absolute atomic E-state index is 0.113. The molecule has 0 saturated heterocycles. The van der Waals surface area contributed by atoms with Crippen molar-refractivity contribution in [2.75, 3.05) is 7.05 Å². The van der Waals surface area contributed by atoms with E-state index in [1.807, 2.05) is 24.3 Å². The normalized spacial score (nSPS) is 22.1. The molecule has 0 heterocycles. The van der Waals surface area contributed by atoms with Crippen molar-refractivity contribution in [3.05, 3.63) is 34.3 Å². The number of halogens is 3. The van der Waals surface area contributed by atoms with Crippen LogP contribution in [0, 0.1) is 0 Å². The Balaban J connectivity index is 2.25. The van der Waals surface area contributed by atoms with E-state index >= 15 is 0 Å². The summed E-state index contributed by atoms with van der Waals surface area (Å²) in [5.41, 5.74) is 0.392. The fraction of sp³-hybridized carbons (Fsp3) is 0.455. The minimum Gasteiger partial charge on any atom is -0.310 e. The summed E-state index contributed by atoms with van der Waals surface area (Å²) in [6, 6.07) is 7.53. The molecule has 0 bridgehead atoms. The Morgan fingerprint density at radius 3 is 2.13 bits per heavy atom. The van der Waals surface area contributed by atoms with E-state index in [-0.39, 0.29) is 12.8 Å². The quantitative estimate of drug-likeness (QED) is 0.874. The van der Waals surface area contributed by atoms with Gasteiger partial charge in [0.2, 0.25) is 0 Å². The highest BCUT2D eigenvalue weighted by atomic mass is 79.9. The first kappa shape index (κ1) is 11.0. The lowest BCUT2D eigenvalue weighted by Gasteiger charge is -2.47. The maximum absolute atomic E-state index is 12.9. The van der Waals surface area contributed by atoms with Crippen molar-refractivity contribution in [2.45, 2.75) is 24.3 Å². The highest BCUT2D eigenvalue weighted by Crippen LogP contribution is 2.51. The third kappa shape index (κ3) is 1.93. The lowest BCUT2D eigenvalue weighted by molar-refractivity contribution is -0.135. The molecule has 1 N–H and O–H groups in total. The van der Waals surface area contributed by atoms with Gasteiger partial charge in [0.15, 0.2) is 0 Å². The maximum Gasteiger partial charge on any atom is 0.252 e. The van der Waals surface area contributed by atoms with Gasteiger partial charge in [-0.05, 0) is 24.7 Å². The summed E-state index contributed by atoms with van der Waals surface area (Å²) < 4.78 is 26.8. The standard InChI is InChI=1S/C11H12BrF2N/c1-15-10(6-11(13,14)7-10)8-2-4-9(12)5-3-8/h2-5,15H,6-7H2,1H3. The van der Waals surface area contributed by atoms with Gasteiger partial charge in [-0.3, -0.25) is 0 Å². The zero-order valence-electron chi connectivity index (χ0n) is 8.36. The van der Waals surface area contributed by atoms with Crippen molar-refractivity contribution in [2.24, 2.45) is 0 Å². The van der Waals surface area contributed by atoms with E-state index in [0.717, 1.165) is 10.0 Å². The van der Waals surface area contributed by atoms with Crippen molar-refractivity contribution in [3.63, 3.8) is 0 Å². The number of benzene rings is 1. The van der Waals surface area contributed by atoms with Gasteiger partial charge in [0, 0.05) is 17.3 Å². The molecule has 1 nitrogen and oxygen atoms in total. The van der Waals surface area contributed by atoms with Gasteiger partial charge in [0.1, 0.15) is 0 Å². The van der Waals surface area contributed by atoms with Crippen molar-refractivity contribution in [1.29, 1.82) is 0 Å². The van der Waals surface area contributed by atoms with Gasteiger partial charge in [0.05, 0.1) is 5.54 Å². The first-order valence-electron chi connectivity index (χ1n) is 4.80. The van der Waals surface area contributed by atoms with E-state index in [1.165, 1.54) is 0 Å². The Kier molecular flexibility index (Phi) is 2.59. The lowest BCUT2D eigenvalue weighted by atomic mass is 9.69. The van der Waals surface area contributed by atoms with Crippen molar-refractivity contribution in [1.82, 2.24) is 5.32 Å². The van der Waals surface area contributed by atoms with Crippen LogP contribution in [0.2, 0.25) is 0 Å². The van der Waals surface area contributed by atoms with Gasteiger partial charge in [0.25, 0.3) is 5.92 Å². The molecule has 15 heavy (non-hydrogen) atoms. The molecule has 2 rings (SSSR count). The molecule has 0 amide bonds. The summed E-state index contributed by atoms with van der Waals surface area (Å²) in [6.45, 7) is 0. The minimum atomic E-state index is -2.52. The molecule has 82 valence electrons. The van der Waals surface area contributed by atoms with E-state index < -0.39 is 11.5 Å². The SMILES string of the molecule is CNC1(c2ccc(Br)cc2)CC(F)(F)C1. The van der Waals surface area contributed by atoms with Crippen molar-refractivity contribution >= 4 is 15.9 Å². The molecule has 1 aromatic carbocycles. The third-order valence-corrected chi connectivity index (χ3v) is 3.52. The van der Waals surface area contributed by atoms with Crippen LogP contribution in [0.4, 0.5) is 8.78 Å². The molecule has 4 heteroatoms. The molecule has 0 atom stereocenters. The second kappa shape index (κ2) is 3.52. The molecule has 0 spiro atoms. The van der Waals surface area contributed by atoms with Crippen LogP contribution in [0.15, 0.2) is 28.7 Å². The van der Waals surface area contributed by atoms with E-state index in [4.69, 9.17) is 0 Å². The highest BCUT2D eigenvalue weighted by Gasteiger charge is 2.56. The average molecular weight is 276 g/mol. The largest absolute Gasteiger partial charge is 0.310 e.